The third-order valence-electron chi connectivity index (χ3n) is 3.64. The Bertz CT molecular complexity index is 611. The minimum absolute atomic E-state index is 0.0218. The van der Waals surface area contributed by atoms with Crippen LogP contribution in [-0.2, 0) is 14.6 Å². The van der Waals surface area contributed by atoms with Gasteiger partial charge < -0.3 is 11.1 Å². The fourth-order valence-electron chi connectivity index (χ4n) is 1.83. The number of nitrogens with one attached hydrogen (secondary N) is 1. The van der Waals surface area contributed by atoms with Crippen molar-refractivity contribution in [2.75, 3.05) is 16.8 Å². The second-order valence-electron chi connectivity index (χ2n) is 5.55. The lowest BCUT2D eigenvalue weighted by Gasteiger charge is -2.17. The average Bonchev–Trinajstić information content (AvgIpc) is 2.41. The highest BCUT2D eigenvalue weighted by atomic mass is 32.2. The summed E-state index contributed by atoms with van der Waals surface area (Å²) in [7, 11) is -3.46. The molecule has 0 fully saturated rings. The molecule has 2 unspecified atom stereocenters. The Morgan fingerprint density at radius 1 is 1.33 bits per heavy atom. The van der Waals surface area contributed by atoms with Crippen LogP contribution in [0.4, 0.5) is 11.4 Å². The van der Waals surface area contributed by atoms with Crippen LogP contribution < -0.4 is 11.1 Å². The van der Waals surface area contributed by atoms with Gasteiger partial charge in [-0.05, 0) is 37.5 Å². The molecular formula is C15H24N2O3S. The Hall–Kier alpha value is -1.56. The predicted molar refractivity (Wildman–Crippen MR) is 86.9 cm³/mol. The van der Waals surface area contributed by atoms with Crippen molar-refractivity contribution in [3.05, 3.63) is 23.8 Å². The monoisotopic (exact) mass is 312 g/mol. The Morgan fingerprint density at radius 2 is 1.95 bits per heavy atom. The number of amides is 1. The van der Waals surface area contributed by atoms with Gasteiger partial charge in [0.05, 0.1) is 5.75 Å². The van der Waals surface area contributed by atoms with Crippen LogP contribution in [0, 0.1) is 12.8 Å². The Morgan fingerprint density at radius 3 is 2.52 bits per heavy atom. The zero-order valence-corrected chi connectivity index (χ0v) is 13.8. The van der Waals surface area contributed by atoms with Gasteiger partial charge in [0.2, 0.25) is 5.91 Å². The molecule has 1 aromatic carbocycles. The van der Waals surface area contributed by atoms with Crippen molar-refractivity contribution in [2.24, 2.45) is 5.92 Å². The van der Waals surface area contributed by atoms with Crippen molar-refractivity contribution >= 4 is 27.1 Å². The largest absolute Gasteiger partial charge is 0.399 e. The maximum atomic E-state index is 12.2. The highest BCUT2D eigenvalue weighted by Gasteiger charge is 2.29. The minimum atomic E-state index is -3.46. The molecule has 1 aromatic rings. The van der Waals surface area contributed by atoms with E-state index in [0.29, 0.717) is 11.4 Å². The van der Waals surface area contributed by atoms with Gasteiger partial charge in [0.25, 0.3) is 0 Å². The third-order valence-corrected chi connectivity index (χ3v) is 5.97. The summed E-state index contributed by atoms with van der Waals surface area (Å²) in [5, 5.41) is 1.57. The second-order valence-corrected chi connectivity index (χ2v) is 7.91. The van der Waals surface area contributed by atoms with E-state index < -0.39 is 21.0 Å². The van der Waals surface area contributed by atoms with E-state index in [1.54, 1.807) is 18.2 Å². The van der Waals surface area contributed by atoms with E-state index in [4.69, 9.17) is 5.73 Å². The fraction of sp³-hybridized carbons (Fsp3) is 0.533. The molecule has 5 nitrogen and oxygen atoms in total. The standard InChI is InChI=1S/C15H24N2O3S/c1-5-10(2)9-21(19,20)12(4)15(18)17-14-8-13(16)7-6-11(14)3/h6-8,10,12H,5,9,16H2,1-4H3,(H,17,18). The molecule has 2 atom stereocenters. The first-order valence-corrected chi connectivity index (χ1v) is 8.77. The van der Waals surface area contributed by atoms with E-state index in [-0.39, 0.29) is 11.7 Å². The summed E-state index contributed by atoms with van der Waals surface area (Å²) in [6.45, 7) is 7.05. The van der Waals surface area contributed by atoms with Crippen molar-refractivity contribution < 1.29 is 13.2 Å². The molecule has 0 aliphatic carbocycles. The maximum absolute atomic E-state index is 12.2. The van der Waals surface area contributed by atoms with Crippen LogP contribution in [0.15, 0.2) is 18.2 Å². The fourth-order valence-corrected chi connectivity index (χ4v) is 3.53. The lowest BCUT2D eigenvalue weighted by atomic mass is 10.2. The first-order chi connectivity index (χ1) is 9.67. The second kappa shape index (κ2) is 6.93. The number of aryl methyl sites for hydroxylation is 1. The van der Waals surface area contributed by atoms with Crippen LogP contribution in [0.25, 0.3) is 0 Å². The number of hydrogen-bond acceptors (Lipinski definition) is 4. The molecule has 0 saturated heterocycles. The van der Waals surface area contributed by atoms with E-state index in [1.807, 2.05) is 20.8 Å². The molecule has 1 rings (SSSR count). The van der Waals surface area contributed by atoms with Gasteiger partial charge in [0, 0.05) is 11.4 Å². The molecule has 3 N–H and O–H groups in total. The maximum Gasteiger partial charge on any atom is 0.242 e. The number of anilines is 2. The van der Waals surface area contributed by atoms with Crippen molar-refractivity contribution in [1.29, 1.82) is 0 Å². The van der Waals surface area contributed by atoms with E-state index in [1.165, 1.54) is 6.92 Å². The smallest absolute Gasteiger partial charge is 0.242 e. The summed E-state index contributed by atoms with van der Waals surface area (Å²) in [4.78, 5) is 12.2. The van der Waals surface area contributed by atoms with Crippen LogP contribution in [-0.4, -0.2) is 25.3 Å². The van der Waals surface area contributed by atoms with E-state index in [2.05, 4.69) is 5.32 Å². The minimum Gasteiger partial charge on any atom is -0.399 e. The molecule has 0 spiro atoms. The number of rotatable bonds is 6. The van der Waals surface area contributed by atoms with Gasteiger partial charge in [-0.25, -0.2) is 8.42 Å². The number of carbonyl (C=O) groups excluding carboxylic acids is 1. The molecule has 1 amide bonds. The lowest BCUT2D eigenvalue weighted by Crippen LogP contribution is -2.35. The van der Waals surface area contributed by atoms with Gasteiger partial charge in [-0.1, -0.05) is 26.3 Å². The van der Waals surface area contributed by atoms with Gasteiger partial charge in [-0.15, -0.1) is 0 Å². The Labute approximate surface area is 126 Å². The Kier molecular flexibility index (Phi) is 5.78. The van der Waals surface area contributed by atoms with E-state index in [9.17, 15) is 13.2 Å². The molecule has 0 saturated carbocycles. The summed E-state index contributed by atoms with van der Waals surface area (Å²) >= 11 is 0. The average molecular weight is 312 g/mol. The molecule has 0 aliphatic heterocycles. The zero-order valence-electron chi connectivity index (χ0n) is 13.0. The molecule has 0 aliphatic rings. The molecule has 0 aromatic heterocycles. The van der Waals surface area contributed by atoms with Crippen molar-refractivity contribution in [2.45, 2.75) is 39.4 Å². The molecule has 0 radical (unpaired) electrons. The van der Waals surface area contributed by atoms with Crippen LogP contribution in [0.1, 0.15) is 32.8 Å². The molecule has 6 heteroatoms. The molecule has 21 heavy (non-hydrogen) atoms. The van der Waals surface area contributed by atoms with Gasteiger partial charge in [-0.2, -0.15) is 0 Å². The number of carbonyl (C=O) groups is 1. The highest BCUT2D eigenvalue weighted by molar-refractivity contribution is 7.92. The molecule has 118 valence electrons. The van der Waals surface area contributed by atoms with Crippen LogP contribution in [0.2, 0.25) is 0 Å². The van der Waals surface area contributed by atoms with Gasteiger partial charge in [0.1, 0.15) is 5.25 Å². The third kappa shape index (κ3) is 4.74. The Balaban J connectivity index is 2.86. The van der Waals surface area contributed by atoms with Crippen molar-refractivity contribution in [3.63, 3.8) is 0 Å². The van der Waals surface area contributed by atoms with Crippen molar-refractivity contribution in [1.82, 2.24) is 0 Å². The molecule has 0 heterocycles. The summed E-state index contributed by atoms with van der Waals surface area (Å²) in [5.74, 6) is -0.458. The zero-order chi connectivity index (χ0) is 16.2. The number of benzene rings is 1. The van der Waals surface area contributed by atoms with Crippen LogP contribution >= 0.6 is 0 Å². The lowest BCUT2D eigenvalue weighted by molar-refractivity contribution is -0.115. The van der Waals surface area contributed by atoms with E-state index >= 15 is 0 Å². The normalized spacial score (nSPS) is 14.5. The predicted octanol–water partition coefficient (Wildman–Crippen LogP) is 2.37. The molecule has 0 bridgehead atoms. The summed E-state index contributed by atoms with van der Waals surface area (Å²) in [6, 6.07) is 5.14. The van der Waals surface area contributed by atoms with Crippen LogP contribution in [0.3, 0.4) is 0 Å². The quantitative estimate of drug-likeness (QED) is 0.789. The van der Waals surface area contributed by atoms with Gasteiger partial charge in [-0.3, -0.25) is 4.79 Å². The summed E-state index contributed by atoms with van der Waals surface area (Å²) < 4.78 is 24.4. The number of nitrogens with two attached hydrogens (primary N) is 1. The first kappa shape index (κ1) is 17.5. The first-order valence-electron chi connectivity index (χ1n) is 7.06. The van der Waals surface area contributed by atoms with Gasteiger partial charge >= 0.3 is 0 Å². The summed E-state index contributed by atoms with van der Waals surface area (Å²) in [5.41, 5.74) is 7.58. The SMILES string of the molecule is CCC(C)CS(=O)(=O)C(C)C(=O)Nc1cc(N)ccc1C. The topological polar surface area (TPSA) is 89.3 Å². The number of nitrogen functional groups attached to an aromatic ring is 1. The summed E-state index contributed by atoms with van der Waals surface area (Å²) in [6.07, 6.45) is 0.766. The van der Waals surface area contributed by atoms with E-state index in [0.717, 1.165) is 12.0 Å². The van der Waals surface area contributed by atoms with Crippen molar-refractivity contribution in [3.8, 4) is 0 Å². The highest BCUT2D eigenvalue weighted by Crippen LogP contribution is 2.19. The van der Waals surface area contributed by atoms with Crippen LogP contribution in [0.5, 0.6) is 0 Å². The van der Waals surface area contributed by atoms with Gasteiger partial charge in [0.15, 0.2) is 9.84 Å². The molecular weight excluding hydrogens is 288 g/mol. The number of sulfone groups is 1. The number of hydrogen-bond donors (Lipinski definition) is 2.